The zero-order chi connectivity index (χ0) is 16.5. The Morgan fingerprint density at radius 2 is 1.86 bits per heavy atom. The molecule has 1 aromatic carbocycles. The Bertz CT molecular complexity index is 551. The number of esters is 2. The first-order chi connectivity index (χ1) is 10.5. The second-order valence-electron chi connectivity index (χ2n) is 3.98. The molecule has 0 heterocycles. The number of carbonyl (C=O) groups excluding carboxylic acids is 3. The predicted octanol–water partition coefficient (Wildman–Crippen LogP) is 1.75. The molecule has 0 aliphatic carbocycles. The second-order valence-corrected chi connectivity index (χ2v) is 5.22. The number of ether oxygens (including phenoxy) is 2. The SMILES string of the molecule is O=C(CC(NC(=O)c1cccc(O)c1)C(=O)OCI)OCI. The average molecular weight is 533 g/mol. The lowest BCUT2D eigenvalue weighted by atomic mass is 10.1. The number of rotatable bonds is 7. The molecule has 2 N–H and O–H groups in total. The zero-order valence-electron chi connectivity index (χ0n) is 11.3. The van der Waals surface area contributed by atoms with E-state index in [0.717, 1.165) is 0 Å². The van der Waals surface area contributed by atoms with Gasteiger partial charge in [-0.05, 0) is 63.4 Å². The number of phenolic OH excluding ortho intramolecular Hbond substituents is 1. The summed E-state index contributed by atoms with van der Waals surface area (Å²) in [6.07, 6.45) is -0.330. The Morgan fingerprint density at radius 3 is 2.45 bits per heavy atom. The average Bonchev–Trinajstić information content (AvgIpc) is 2.47. The van der Waals surface area contributed by atoms with Gasteiger partial charge in [-0.1, -0.05) is 6.07 Å². The molecule has 7 nitrogen and oxygen atoms in total. The Kier molecular flexibility index (Phi) is 8.45. The summed E-state index contributed by atoms with van der Waals surface area (Å²) < 4.78 is 9.81. The number of aromatic hydroxyl groups is 1. The highest BCUT2D eigenvalue weighted by atomic mass is 127. The number of halogens is 2. The third-order valence-corrected chi connectivity index (χ3v) is 3.10. The van der Waals surface area contributed by atoms with Gasteiger partial charge in [-0.15, -0.1) is 0 Å². The van der Waals surface area contributed by atoms with E-state index >= 15 is 0 Å². The van der Waals surface area contributed by atoms with Crippen LogP contribution >= 0.6 is 45.2 Å². The van der Waals surface area contributed by atoms with Crippen LogP contribution in [0.2, 0.25) is 0 Å². The molecule has 1 unspecified atom stereocenters. The first kappa shape index (κ1) is 18.9. The van der Waals surface area contributed by atoms with Gasteiger partial charge in [0.05, 0.1) is 6.42 Å². The van der Waals surface area contributed by atoms with Gasteiger partial charge >= 0.3 is 11.9 Å². The number of benzene rings is 1. The molecule has 0 saturated carbocycles. The van der Waals surface area contributed by atoms with Crippen LogP contribution in [0.4, 0.5) is 0 Å². The molecule has 0 spiro atoms. The molecule has 1 amide bonds. The number of amides is 1. The third-order valence-electron chi connectivity index (χ3n) is 2.48. The van der Waals surface area contributed by atoms with Crippen molar-refractivity contribution in [2.45, 2.75) is 12.5 Å². The molecule has 1 atom stereocenters. The number of hydrogen-bond acceptors (Lipinski definition) is 6. The van der Waals surface area contributed by atoms with Gasteiger partial charge < -0.3 is 19.9 Å². The van der Waals surface area contributed by atoms with Crippen LogP contribution in [0.1, 0.15) is 16.8 Å². The van der Waals surface area contributed by atoms with Crippen molar-refractivity contribution in [3.63, 3.8) is 0 Å². The highest BCUT2D eigenvalue weighted by molar-refractivity contribution is 14.1. The lowest BCUT2D eigenvalue weighted by Crippen LogP contribution is -2.43. The van der Waals surface area contributed by atoms with Crippen molar-refractivity contribution in [3.8, 4) is 5.75 Å². The lowest BCUT2D eigenvalue weighted by Gasteiger charge is -2.16. The monoisotopic (exact) mass is 533 g/mol. The summed E-state index contributed by atoms with van der Waals surface area (Å²) in [7, 11) is 0. The Hall–Kier alpha value is -1.11. The van der Waals surface area contributed by atoms with Gasteiger partial charge in [0.15, 0.2) is 0 Å². The van der Waals surface area contributed by atoms with Crippen LogP contribution in [0, 0.1) is 0 Å². The predicted molar refractivity (Wildman–Crippen MR) is 93.9 cm³/mol. The van der Waals surface area contributed by atoms with Crippen molar-refractivity contribution >= 4 is 63.0 Å². The van der Waals surface area contributed by atoms with E-state index in [2.05, 4.69) is 5.32 Å². The molecule has 0 saturated heterocycles. The van der Waals surface area contributed by atoms with Crippen molar-refractivity contribution < 1.29 is 29.0 Å². The van der Waals surface area contributed by atoms with Gasteiger partial charge in [-0.2, -0.15) is 0 Å². The minimum Gasteiger partial charge on any atom is -0.508 e. The van der Waals surface area contributed by atoms with Crippen molar-refractivity contribution in [1.82, 2.24) is 5.32 Å². The number of hydrogen-bond donors (Lipinski definition) is 2. The summed E-state index contributed by atoms with van der Waals surface area (Å²) in [6.45, 7) is 0. The molecular weight excluding hydrogens is 520 g/mol. The summed E-state index contributed by atoms with van der Waals surface area (Å²) in [5.41, 5.74) is 0.162. The maximum Gasteiger partial charge on any atom is 0.330 e. The lowest BCUT2D eigenvalue weighted by molar-refractivity contribution is -0.149. The minimum atomic E-state index is -1.15. The summed E-state index contributed by atoms with van der Waals surface area (Å²) in [4.78, 5) is 35.4. The summed E-state index contributed by atoms with van der Waals surface area (Å²) in [6, 6.07) is 4.47. The van der Waals surface area contributed by atoms with E-state index in [9.17, 15) is 19.5 Å². The Labute approximate surface area is 154 Å². The van der Waals surface area contributed by atoms with Gasteiger partial charge in [-0.25, -0.2) is 4.79 Å². The normalized spacial score (nSPS) is 11.4. The van der Waals surface area contributed by atoms with Crippen LogP contribution in [-0.2, 0) is 19.1 Å². The van der Waals surface area contributed by atoms with Crippen molar-refractivity contribution in [2.75, 3.05) is 9.23 Å². The fourth-order valence-electron chi connectivity index (χ4n) is 1.52. The first-order valence-corrected chi connectivity index (χ1v) is 9.07. The van der Waals surface area contributed by atoms with E-state index in [-0.39, 0.29) is 27.0 Å². The van der Waals surface area contributed by atoms with Crippen molar-refractivity contribution in [3.05, 3.63) is 29.8 Å². The standard InChI is InChI=1S/C13H13I2NO6/c14-6-21-11(18)5-10(13(20)22-7-15)16-12(19)8-2-1-3-9(17)4-8/h1-4,10,17H,5-7H2,(H,16,19). The molecule has 1 rings (SSSR count). The van der Waals surface area contributed by atoms with Crippen LogP contribution in [0.25, 0.3) is 0 Å². The zero-order valence-corrected chi connectivity index (χ0v) is 15.6. The molecule has 22 heavy (non-hydrogen) atoms. The Balaban J connectivity index is 2.80. The van der Waals surface area contributed by atoms with E-state index < -0.39 is 23.9 Å². The van der Waals surface area contributed by atoms with Gasteiger partial charge in [0, 0.05) is 5.56 Å². The number of phenols is 1. The third kappa shape index (κ3) is 6.34. The van der Waals surface area contributed by atoms with Crippen LogP contribution < -0.4 is 5.32 Å². The van der Waals surface area contributed by atoms with E-state index in [0.29, 0.717) is 0 Å². The van der Waals surface area contributed by atoms with Crippen LogP contribution in [0.5, 0.6) is 5.75 Å². The fraction of sp³-hybridized carbons (Fsp3) is 0.308. The van der Waals surface area contributed by atoms with Gasteiger partial charge in [0.1, 0.15) is 21.0 Å². The summed E-state index contributed by atoms with van der Waals surface area (Å²) in [5.74, 6) is -2.04. The topological polar surface area (TPSA) is 102 Å². The van der Waals surface area contributed by atoms with Crippen molar-refractivity contribution in [1.29, 1.82) is 0 Å². The van der Waals surface area contributed by atoms with E-state index in [1.807, 2.05) is 45.2 Å². The van der Waals surface area contributed by atoms with Crippen LogP contribution in [0.3, 0.4) is 0 Å². The van der Waals surface area contributed by atoms with Crippen molar-refractivity contribution in [2.24, 2.45) is 0 Å². The maximum atomic E-state index is 12.1. The number of nitrogens with one attached hydrogen (secondary N) is 1. The molecule has 0 bridgehead atoms. The maximum absolute atomic E-state index is 12.1. The second kappa shape index (κ2) is 9.82. The molecule has 120 valence electrons. The van der Waals surface area contributed by atoms with Gasteiger partial charge in [0.2, 0.25) is 0 Å². The molecule has 0 aromatic heterocycles. The van der Waals surface area contributed by atoms with Crippen LogP contribution in [-0.4, -0.2) is 38.2 Å². The van der Waals surface area contributed by atoms with E-state index in [1.54, 1.807) is 0 Å². The molecule has 0 aliphatic rings. The van der Waals surface area contributed by atoms with Gasteiger partial charge in [0.25, 0.3) is 5.91 Å². The fourth-order valence-corrected chi connectivity index (χ4v) is 2.18. The molecule has 9 heteroatoms. The van der Waals surface area contributed by atoms with Crippen LogP contribution in [0.15, 0.2) is 24.3 Å². The smallest absolute Gasteiger partial charge is 0.330 e. The molecule has 0 radical (unpaired) electrons. The van der Waals surface area contributed by atoms with Gasteiger partial charge in [-0.3, -0.25) is 9.59 Å². The number of alkyl halides is 2. The molecular formula is C13H13I2NO6. The first-order valence-electron chi connectivity index (χ1n) is 6.02. The molecule has 1 aromatic rings. The molecule has 0 fully saturated rings. The molecule has 0 aliphatic heterocycles. The van der Waals surface area contributed by atoms with E-state index in [1.165, 1.54) is 24.3 Å². The largest absolute Gasteiger partial charge is 0.508 e. The summed E-state index contributed by atoms with van der Waals surface area (Å²) in [5, 5.41) is 11.8. The number of carbonyl (C=O) groups is 3. The minimum absolute atomic E-state index is 0.0802. The summed E-state index contributed by atoms with van der Waals surface area (Å²) >= 11 is 3.68. The Morgan fingerprint density at radius 1 is 1.18 bits per heavy atom. The quantitative estimate of drug-likeness (QED) is 0.315. The highest BCUT2D eigenvalue weighted by Crippen LogP contribution is 2.11. The highest BCUT2D eigenvalue weighted by Gasteiger charge is 2.26. The van der Waals surface area contributed by atoms with E-state index in [4.69, 9.17) is 9.47 Å².